The summed E-state index contributed by atoms with van der Waals surface area (Å²) in [7, 11) is 0. The second-order valence-corrected chi connectivity index (χ2v) is 5.00. The van der Waals surface area contributed by atoms with E-state index >= 15 is 0 Å². The zero-order valence-electron chi connectivity index (χ0n) is 8.31. The van der Waals surface area contributed by atoms with E-state index in [1.807, 2.05) is 11.8 Å². The van der Waals surface area contributed by atoms with Gasteiger partial charge in [0, 0.05) is 18.3 Å². The number of carboxylic acid groups (broad SMARTS) is 1. The van der Waals surface area contributed by atoms with Crippen molar-refractivity contribution in [2.45, 2.75) is 24.9 Å². The summed E-state index contributed by atoms with van der Waals surface area (Å²) in [5, 5.41) is 11.7. The molecule has 0 aliphatic carbocycles. The molecular formula is C9H14N2O3S. The van der Waals surface area contributed by atoms with Crippen molar-refractivity contribution in [2.75, 3.05) is 18.1 Å². The Morgan fingerprint density at radius 2 is 2.20 bits per heavy atom. The van der Waals surface area contributed by atoms with Gasteiger partial charge in [-0.2, -0.15) is 11.8 Å². The molecule has 2 amide bonds. The van der Waals surface area contributed by atoms with E-state index in [-0.39, 0.29) is 12.1 Å². The molecule has 0 aromatic carbocycles. The largest absolute Gasteiger partial charge is 0.480 e. The van der Waals surface area contributed by atoms with Gasteiger partial charge < -0.3 is 15.3 Å². The number of nitrogens with one attached hydrogen (secondary N) is 1. The summed E-state index contributed by atoms with van der Waals surface area (Å²) in [6, 6.07) is -0.613. The maximum Gasteiger partial charge on any atom is 0.326 e. The molecule has 2 rings (SSSR count). The minimum Gasteiger partial charge on any atom is -0.480 e. The number of rotatable bonds is 2. The van der Waals surface area contributed by atoms with Gasteiger partial charge in [0.1, 0.15) is 6.04 Å². The lowest BCUT2D eigenvalue weighted by Gasteiger charge is -2.38. The molecule has 0 spiro atoms. The second kappa shape index (κ2) is 4.30. The van der Waals surface area contributed by atoms with Gasteiger partial charge in [0.05, 0.1) is 0 Å². The lowest BCUT2D eigenvalue weighted by atomic mass is 10.0. The number of carbonyl (C=O) groups is 2. The Kier molecular flexibility index (Phi) is 3.04. The summed E-state index contributed by atoms with van der Waals surface area (Å²) in [5.74, 6) is 1.11. The Balaban J connectivity index is 1.82. The van der Waals surface area contributed by atoms with Crippen LogP contribution in [0.2, 0.25) is 0 Å². The number of carbonyl (C=O) groups excluding carboxylic acids is 1. The predicted molar refractivity (Wildman–Crippen MR) is 57.0 cm³/mol. The van der Waals surface area contributed by atoms with Crippen LogP contribution in [0, 0.1) is 0 Å². The molecule has 5 nitrogen and oxygen atoms in total. The normalized spacial score (nSPS) is 29.7. The molecule has 0 aromatic heterocycles. The van der Waals surface area contributed by atoms with Gasteiger partial charge >= 0.3 is 12.0 Å². The molecule has 84 valence electrons. The van der Waals surface area contributed by atoms with Gasteiger partial charge in [-0.15, -0.1) is 0 Å². The highest BCUT2D eigenvalue weighted by molar-refractivity contribution is 7.99. The molecule has 0 bridgehead atoms. The summed E-state index contributed by atoms with van der Waals surface area (Å²) in [6.07, 6.45) is 1.56. The van der Waals surface area contributed by atoms with Crippen molar-refractivity contribution in [3.63, 3.8) is 0 Å². The highest BCUT2D eigenvalue weighted by Crippen LogP contribution is 2.20. The molecular weight excluding hydrogens is 216 g/mol. The van der Waals surface area contributed by atoms with Crippen molar-refractivity contribution in [1.29, 1.82) is 0 Å². The number of amides is 2. The summed E-state index contributed by atoms with van der Waals surface area (Å²) in [4.78, 5) is 23.7. The standard InChI is InChI=1S/C9H14N2O3S/c12-8(13)7-1-3-11(7)9(14)10-6-2-4-15-5-6/h6-7H,1-5H2,(H,10,14)(H,12,13). The van der Waals surface area contributed by atoms with Crippen molar-refractivity contribution in [3.8, 4) is 0 Å². The third-order valence-electron chi connectivity index (χ3n) is 2.82. The summed E-state index contributed by atoms with van der Waals surface area (Å²) in [6.45, 7) is 0.558. The highest BCUT2D eigenvalue weighted by atomic mass is 32.2. The van der Waals surface area contributed by atoms with Crippen LogP contribution >= 0.6 is 11.8 Å². The van der Waals surface area contributed by atoms with Crippen LogP contribution in [-0.2, 0) is 4.79 Å². The molecule has 2 heterocycles. The molecule has 2 atom stereocenters. The third kappa shape index (κ3) is 2.19. The number of urea groups is 1. The lowest BCUT2D eigenvalue weighted by Crippen LogP contribution is -2.59. The molecule has 6 heteroatoms. The Morgan fingerprint density at radius 1 is 1.40 bits per heavy atom. The fourth-order valence-electron chi connectivity index (χ4n) is 1.79. The zero-order chi connectivity index (χ0) is 10.8. The van der Waals surface area contributed by atoms with E-state index in [0.717, 1.165) is 17.9 Å². The number of hydrogen-bond donors (Lipinski definition) is 2. The fraction of sp³-hybridized carbons (Fsp3) is 0.778. The van der Waals surface area contributed by atoms with Crippen LogP contribution in [0.15, 0.2) is 0 Å². The SMILES string of the molecule is O=C(O)C1CCN1C(=O)NC1CCSC1. The number of likely N-dealkylation sites (tertiary alicyclic amines) is 1. The Hall–Kier alpha value is -0.910. The van der Waals surface area contributed by atoms with Crippen molar-refractivity contribution >= 4 is 23.8 Å². The fourth-order valence-corrected chi connectivity index (χ4v) is 2.95. The maximum absolute atomic E-state index is 11.6. The average Bonchev–Trinajstić information content (AvgIpc) is 2.52. The monoisotopic (exact) mass is 230 g/mol. The molecule has 0 saturated carbocycles. The first-order chi connectivity index (χ1) is 7.18. The summed E-state index contributed by atoms with van der Waals surface area (Å²) < 4.78 is 0. The Labute approximate surface area is 92.2 Å². The predicted octanol–water partition coefficient (Wildman–Crippen LogP) is 0.360. The summed E-state index contributed by atoms with van der Waals surface area (Å²) in [5.41, 5.74) is 0. The molecule has 15 heavy (non-hydrogen) atoms. The zero-order valence-corrected chi connectivity index (χ0v) is 9.13. The molecule has 2 aliphatic heterocycles. The number of aliphatic carboxylic acids is 1. The smallest absolute Gasteiger partial charge is 0.326 e. The minimum absolute atomic E-state index is 0.220. The van der Waals surface area contributed by atoms with Gasteiger partial charge in [-0.05, 0) is 18.6 Å². The topological polar surface area (TPSA) is 69.6 Å². The van der Waals surface area contributed by atoms with Gasteiger partial charge in [-0.3, -0.25) is 0 Å². The number of carboxylic acids is 1. The van der Waals surface area contributed by atoms with Crippen LogP contribution in [0.4, 0.5) is 4.79 Å². The first kappa shape index (κ1) is 10.6. The Morgan fingerprint density at radius 3 is 2.67 bits per heavy atom. The number of hydrogen-bond acceptors (Lipinski definition) is 3. The third-order valence-corrected chi connectivity index (χ3v) is 3.99. The number of nitrogens with zero attached hydrogens (tertiary/aromatic N) is 1. The van der Waals surface area contributed by atoms with E-state index in [1.165, 1.54) is 4.90 Å². The molecule has 2 fully saturated rings. The van der Waals surface area contributed by atoms with Gasteiger partial charge in [0.15, 0.2) is 0 Å². The van der Waals surface area contributed by atoms with Gasteiger partial charge in [0.2, 0.25) is 0 Å². The first-order valence-electron chi connectivity index (χ1n) is 5.06. The number of thioether (sulfide) groups is 1. The van der Waals surface area contributed by atoms with Crippen LogP contribution in [0.1, 0.15) is 12.8 Å². The van der Waals surface area contributed by atoms with Crippen molar-refractivity contribution in [3.05, 3.63) is 0 Å². The molecule has 0 aromatic rings. The van der Waals surface area contributed by atoms with Crippen LogP contribution in [0.3, 0.4) is 0 Å². The van der Waals surface area contributed by atoms with Crippen LogP contribution in [0.25, 0.3) is 0 Å². The molecule has 2 unspecified atom stereocenters. The van der Waals surface area contributed by atoms with E-state index in [2.05, 4.69) is 5.32 Å². The molecule has 2 aliphatic rings. The highest BCUT2D eigenvalue weighted by Gasteiger charge is 2.38. The van der Waals surface area contributed by atoms with Crippen molar-refractivity contribution < 1.29 is 14.7 Å². The van der Waals surface area contributed by atoms with E-state index < -0.39 is 12.0 Å². The van der Waals surface area contributed by atoms with Crippen LogP contribution in [-0.4, -0.2) is 52.1 Å². The molecule has 2 N–H and O–H groups in total. The second-order valence-electron chi connectivity index (χ2n) is 3.85. The first-order valence-corrected chi connectivity index (χ1v) is 6.21. The van der Waals surface area contributed by atoms with Gasteiger partial charge in [-0.1, -0.05) is 0 Å². The van der Waals surface area contributed by atoms with Crippen LogP contribution in [0.5, 0.6) is 0 Å². The van der Waals surface area contributed by atoms with Crippen LogP contribution < -0.4 is 5.32 Å². The van der Waals surface area contributed by atoms with Gasteiger partial charge in [0.25, 0.3) is 0 Å². The van der Waals surface area contributed by atoms with E-state index in [9.17, 15) is 9.59 Å². The van der Waals surface area contributed by atoms with E-state index in [0.29, 0.717) is 13.0 Å². The minimum atomic E-state index is -0.905. The maximum atomic E-state index is 11.6. The van der Waals surface area contributed by atoms with E-state index in [1.54, 1.807) is 0 Å². The molecule has 0 radical (unpaired) electrons. The van der Waals surface area contributed by atoms with E-state index in [4.69, 9.17) is 5.11 Å². The van der Waals surface area contributed by atoms with Gasteiger partial charge in [-0.25, -0.2) is 9.59 Å². The average molecular weight is 230 g/mol. The summed E-state index contributed by atoms with van der Waals surface area (Å²) >= 11 is 1.82. The quantitative estimate of drug-likeness (QED) is 0.718. The molecule has 2 saturated heterocycles. The van der Waals surface area contributed by atoms with Crippen molar-refractivity contribution in [1.82, 2.24) is 10.2 Å². The van der Waals surface area contributed by atoms with Crippen molar-refractivity contribution in [2.24, 2.45) is 0 Å². The Bertz CT molecular complexity index is 279. The lowest BCUT2D eigenvalue weighted by molar-refractivity contribution is -0.145.